The number of nitrogens with one attached hydrogen (secondary N) is 1. The van der Waals surface area contributed by atoms with Crippen molar-refractivity contribution in [2.75, 3.05) is 45.7 Å². The molecule has 1 saturated heterocycles. The molecule has 3 amide bonds. The molecule has 6 rings (SSSR count). The number of nitrogens with zero attached hydrogens (tertiary/aromatic N) is 3. The number of carbonyl (C=O) groups excluding carboxylic acids is 2. The van der Waals surface area contributed by atoms with Crippen molar-refractivity contribution in [2.45, 2.75) is 25.0 Å². The summed E-state index contributed by atoms with van der Waals surface area (Å²) in [5.41, 5.74) is 4.83. The van der Waals surface area contributed by atoms with Gasteiger partial charge in [-0.3, -0.25) is 9.69 Å². The van der Waals surface area contributed by atoms with Crippen LogP contribution in [0.2, 0.25) is 0 Å². The van der Waals surface area contributed by atoms with Crippen molar-refractivity contribution in [1.82, 2.24) is 14.7 Å². The molecule has 1 fully saturated rings. The molecule has 1 atom stereocenters. The quantitative estimate of drug-likeness (QED) is 0.151. The van der Waals surface area contributed by atoms with Gasteiger partial charge in [-0.15, -0.1) is 0 Å². The van der Waals surface area contributed by atoms with Gasteiger partial charge in [-0.2, -0.15) is 0 Å². The molecule has 1 heterocycles. The highest BCUT2D eigenvalue weighted by Crippen LogP contribution is 2.30. The number of hydrogen-bond acceptors (Lipinski definition) is 5. The van der Waals surface area contributed by atoms with E-state index >= 15 is 0 Å². The highest BCUT2D eigenvalue weighted by molar-refractivity contribution is 5.95. The second-order valence-electron chi connectivity index (χ2n) is 12.4. The Labute approximate surface area is 294 Å². The van der Waals surface area contributed by atoms with Crippen molar-refractivity contribution in [3.05, 3.63) is 162 Å². The number of piperazine rings is 1. The summed E-state index contributed by atoms with van der Waals surface area (Å²) in [4.78, 5) is 35.1. The average Bonchev–Trinajstić information content (AvgIpc) is 3.18. The molecule has 0 aliphatic carbocycles. The Kier molecular flexibility index (Phi) is 11.4. The first kappa shape index (κ1) is 34.3. The Morgan fingerprint density at radius 3 is 1.80 bits per heavy atom. The molecule has 5 aromatic carbocycles. The number of ether oxygens (including phenoxy) is 2. The van der Waals surface area contributed by atoms with E-state index in [4.69, 9.17) is 9.47 Å². The van der Waals surface area contributed by atoms with Gasteiger partial charge in [-0.25, -0.2) is 4.79 Å². The highest BCUT2D eigenvalue weighted by Gasteiger charge is 2.36. The molecule has 0 bridgehead atoms. The molecule has 1 unspecified atom stereocenters. The van der Waals surface area contributed by atoms with Crippen LogP contribution in [0.1, 0.15) is 28.3 Å². The van der Waals surface area contributed by atoms with Crippen LogP contribution < -0.4 is 14.8 Å². The zero-order valence-electron chi connectivity index (χ0n) is 28.7. The lowest BCUT2D eigenvalue weighted by molar-refractivity contribution is -0.138. The first-order valence-electron chi connectivity index (χ1n) is 17.0. The summed E-state index contributed by atoms with van der Waals surface area (Å²) in [5.74, 6) is 1.18. The zero-order chi connectivity index (χ0) is 34.7. The Morgan fingerprint density at radius 2 is 1.22 bits per heavy atom. The second-order valence-corrected chi connectivity index (χ2v) is 12.4. The molecule has 0 spiro atoms. The maximum absolute atomic E-state index is 14.8. The van der Waals surface area contributed by atoms with Crippen molar-refractivity contribution in [2.24, 2.45) is 0 Å². The molecule has 8 nitrogen and oxygen atoms in total. The highest BCUT2D eigenvalue weighted by atomic mass is 16.5. The van der Waals surface area contributed by atoms with Crippen LogP contribution in [0.4, 0.5) is 10.5 Å². The van der Waals surface area contributed by atoms with E-state index in [2.05, 4.69) is 58.7 Å². The fraction of sp³-hybridized carbons (Fsp3) is 0.238. The van der Waals surface area contributed by atoms with Gasteiger partial charge in [-0.05, 0) is 46.5 Å². The smallest absolute Gasteiger partial charge is 0.322 e. The Bertz CT molecular complexity index is 1770. The van der Waals surface area contributed by atoms with Crippen molar-refractivity contribution in [1.29, 1.82) is 0 Å². The van der Waals surface area contributed by atoms with Crippen LogP contribution in [-0.2, 0) is 17.8 Å². The number of carbonyl (C=O) groups is 2. The summed E-state index contributed by atoms with van der Waals surface area (Å²) in [6.45, 7) is 2.71. The normalized spacial score (nSPS) is 13.8. The number of benzene rings is 5. The Balaban J connectivity index is 1.29. The first-order chi connectivity index (χ1) is 24.5. The van der Waals surface area contributed by atoms with Gasteiger partial charge in [-0.1, -0.05) is 115 Å². The summed E-state index contributed by atoms with van der Waals surface area (Å²) >= 11 is 0. The maximum Gasteiger partial charge on any atom is 0.322 e. The topological polar surface area (TPSA) is 74.3 Å². The van der Waals surface area contributed by atoms with E-state index in [1.165, 1.54) is 11.1 Å². The van der Waals surface area contributed by atoms with E-state index in [9.17, 15) is 9.59 Å². The number of para-hydroxylation sites is 2. The van der Waals surface area contributed by atoms with E-state index < -0.39 is 6.04 Å². The molecule has 0 aromatic heterocycles. The lowest BCUT2D eigenvalue weighted by Crippen LogP contribution is -2.57. The molecular formula is C42H44N4O4. The standard InChI is InChI=1S/C42H44N4O4/c1-49-36-24-22-33(23-25-36)31-46(42(48)43-37-20-12-13-21-39(37)50-2)38(30-32-14-6-3-7-15-32)41(47)45-28-26-44(27-29-45)40(34-16-8-4-9-17-34)35-18-10-5-11-19-35/h3-25,38,40H,26-31H2,1-2H3,(H,43,48). The van der Waals surface area contributed by atoms with Crippen LogP contribution in [0.5, 0.6) is 11.5 Å². The van der Waals surface area contributed by atoms with Gasteiger partial charge in [0, 0.05) is 39.1 Å². The predicted octanol–water partition coefficient (Wildman–Crippen LogP) is 7.28. The monoisotopic (exact) mass is 668 g/mol. The summed E-state index contributed by atoms with van der Waals surface area (Å²) < 4.78 is 10.9. The van der Waals surface area contributed by atoms with Crippen molar-refractivity contribution >= 4 is 17.6 Å². The van der Waals surface area contributed by atoms with E-state index in [1.54, 1.807) is 31.3 Å². The SMILES string of the molecule is COc1ccc(CN(C(=O)Nc2ccccc2OC)C(Cc2ccccc2)C(=O)N2CCN(C(c3ccccc3)c3ccccc3)CC2)cc1. The zero-order valence-corrected chi connectivity index (χ0v) is 28.7. The number of hydrogen-bond donors (Lipinski definition) is 1. The van der Waals surface area contributed by atoms with Crippen LogP contribution >= 0.6 is 0 Å². The molecule has 256 valence electrons. The fourth-order valence-corrected chi connectivity index (χ4v) is 6.65. The largest absolute Gasteiger partial charge is 0.497 e. The molecule has 8 heteroatoms. The van der Waals surface area contributed by atoms with Crippen LogP contribution in [0.15, 0.2) is 140 Å². The summed E-state index contributed by atoms with van der Waals surface area (Å²) in [5, 5.41) is 3.05. The van der Waals surface area contributed by atoms with Crippen LogP contribution in [-0.4, -0.2) is 73.1 Å². The van der Waals surface area contributed by atoms with Crippen LogP contribution in [0, 0.1) is 0 Å². The molecule has 1 aliphatic heterocycles. The van der Waals surface area contributed by atoms with Gasteiger partial charge >= 0.3 is 6.03 Å². The number of anilines is 1. The predicted molar refractivity (Wildman–Crippen MR) is 197 cm³/mol. The number of methoxy groups -OCH3 is 2. The third-order valence-electron chi connectivity index (χ3n) is 9.28. The van der Waals surface area contributed by atoms with Crippen LogP contribution in [0.25, 0.3) is 0 Å². The molecular weight excluding hydrogens is 624 g/mol. The van der Waals surface area contributed by atoms with Crippen molar-refractivity contribution in [3.8, 4) is 11.5 Å². The molecule has 0 saturated carbocycles. The fourth-order valence-electron chi connectivity index (χ4n) is 6.65. The van der Waals surface area contributed by atoms with E-state index in [0.717, 1.165) is 16.9 Å². The number of urea groups is 1. The lowest BCUT2D eigenvalue weighted by Gasteiger charge is -2.42. The second kappa shape index (κ2) is 16.7. The van der Waals surface area contributed by atoms with E-state index in [1.807, 2.05) is 83.8 Å². The Hall–Kier alpha value is -5.60. The van der Waals surface area contributed by atoms with Gasteiger partial charge in [0.25, 0.3) is 0 Å². The van der Waals surface area contributed by atoms with E-state index in [0.29, 0.717) is 44.0 Å². The average molecular weight is 669 g/mol. The number of rotatable bonds is 12. The molecule has 1 aliphatic rings. The first-order valence-corrected chi connectivity index (χ1v) is 17.0. The van der Waals surface area contributed by atoms with Crippen molar-refractivity contribution in [3.63, 3.8) is 0 Å². The summed E-state index contributed by atoms with van der Waals surface area (Å²) in [6, 6.07) is 44.8. The summed E-state index contributed by atoms with van der Waals surface area (Å²) in [6.07, 6.45) is 0.367. The van der Waals surface area contributed by atoms with Crippen molar-refractivity contribution < 1.29 is 19.1 Å². The molecule has 0 radical (unpaired) electrons. The molecule has 50 heavy (non-hydrogen) atoms. The van der Waals surface area contributed by atoms with Gasteiger partial charge in [0.15, 0.2) is 0 Å². The van der Waals surface area contributed by atoms with Gasteiger partial charge in [0.2, 0.25) is 5.91 Å². The van der Waals surface area contributed by atoms with Crippen LogP contribution in [0.3, 0.4) is 0 Å². The third kappa shape index (κ3) is 8.33. The van der Waals surface area contributed by atoms with E-state index in [-0.39, 0.29) is 24.5 Å². The minimum atomic E-state index is -0.764. The van der Waals surface area contributed by atoms with Gasteiger partial charge in [0.05, 0.1) is 25.9 Å². The minimum Gasteiger partial charge on any atom is -0.497 e. The summed E-state index contributed by atoms with van der Waals surface area (Å²) in [7, 11) is 3.19. The lowest BCUT2D eigenvalue weighted by atomic mass is 9.96. The maximum atomic E-state index is 14.8. The van der Waals surface area contributed by atoms with Gasteiger partial charge < -0.3 is 24.6 Å². The molecule has 5 aromatic rings. The molecule has 1 N–H and O–H groups in total. The third-order valence-corrected chi connectivity index (χ3v) is 9.28. The number of amides is 3. The van der Waals surface area contributed by atoms with Gasteiger partial charge in [0.1, 0.15) is 17.5 Å². The Morgan fingerprint density at radius 1 is 0.660 bits per heavy atom. The minimum absolute atomic E-state index is 0.0758.